The number of benzene rings is 7. The minimum Gasteiger partial charge on any atom is -0.495 e. The van der Waals surface area contributed by atoms with Crippen molar-refractivity contribution in [2.24, 2.45) is 0 Å². The molecule has 13 nitrogen and oxygen atoms in total. The van der Waals surface area contributed by atoms with Crippen molar-refractivity contribution in [2.45, 2.75) is 41.1 Å². The van der Waals surface area contributed by atoms with Crippen molar-refractivity contribution >= 4 is 48.8 Å². The summed E-state index contributed by atoms with van der Waals surface area (Å²) in [5.74, 6) is -0.233. The third kappa shape index (κ3) is 13.8. The Morgan fingerprint density at radius 3 is 1.31 bits per heavy atom. The van der Waals surface area contributed by atoms with Gasteiger partial charge in [0.25, 0.3) is 11.8 Å². The fourth-order valence-corrected chi connectivity index (χ4v) is 11.2. The molecule has 3 amide bonds. The van der Waals surface area contributed by atoms with Gasteiger partial charge >= 0.3 is 0 Å². The Kier molecular flexibility index (Phi) is 18.3. The van der Waals surface area contributed by atoms with Crippen LogP contribution in [0.4, 0.5) is 11.4 Å². The maximum absolute atomic E-state index is 13.7. The molecule has 0 aliphatic heterocycles. The van der Waals surface area contributed by atoms with E-state index in [1.165, 1.54) is 24.0 Å². The third-order valence-corrected chi connectivity index (χ3v) is 15.7. The topological polar surface area (TPSA) is 151 Å². The molecule has 386 valence electrons. The van der Waals surface area contributed by atoms with Gasteiger partial charge in [-0.15, -0.1) is 0 Å². The lowest BCUT2D eigenvalue weighted by Gasteiger charge is -2.19. The SMILES string of the molecule is CCc1cccc(CS(=O)(=O)c2cc(-c3cccc(C(=O)N(C)C)c3)ccc2OC)c1.COc1ccc(-c2cccc(C(=O)N(C)C)c2)cc1S(=O)(=O)Cc1cccc(N(C)C(=O)Cc2cccc(N(C)C)c2)c1. The minimum atomic E-state index is -3.86. The number of methoxy groups -OCH3 is 2. The first-order chi connectivity index (χ1) is 35.1. The van der Waals surface area contributed by atoms with Gasteiger partial charge in [0.15, 0.2) is 19.7 Å². The van der Waals surface area contributed by atoms with Crippen LogP contribution in [-0.4, -0.2) is 108 Å². The second-order valence-electron chi connectivity index (χ2n) is 18.3. The van der Waals surface area contributed by atoms with E-state index in [1.54, 1.807) is 137 Å². The molecule has 0 spiro atoms. The number of aryl methyl sites for hydroxylation is 1. The summed E-state index contributed by atoms with van der Waals surface area (Å²) in [5, 5.41) is 0. The average molecular weight is 1040 g/mol. The number of ether oxygens (including phenoxy) is 2. The van der Waals surface area contributed by atoms with E-state index in [9.17, 15) is 31.2 Å². The molecular weight excluding hydrogens is 973 g/mol. The smallest absolute Gasteiger partial charge is 0.253 e. The molecule has 0 unspecified atom stereocenters. The molecule has 0 aliphatic carbocycles. The molecule has 0 heterocycles. The van der Waals surface area contributed by atoms with Crippen LogP contribution in [0.5, 0.6) is 11.5 Å². The van der Waals surface area contributed by atoms with Crippen LogP contribution in [0.25, 0.3) is 22.3 Å². The Labute approximate surface area is 436 Å². The summed E-state index contributed by atoms with van der Waals surface area (Å²) < 4.78 is 64.9. The highest BCUT2D eigenvalue weighted by molar-refractivity contribution is 7.91. The van der Waals surface area contributed by atoms with E-state index in [-0.39, 0.29) is 51.2 Å². The molecule has 0 atom stereocenters. The van der Waals surface area contributed by atoms with Crippen molar-refractivity contribution in [3.63, 3.8) is 0 Å². The van der Waals surface area contributed by atoms with E-state index in [2.05, 4.69) is 0 Å². The summed E-state index contributed by atoms with van der Waals surface area (Å²) in [6, 6.07) is 46.7. The lowest BCUT2D eigenvalue weighted by Crippen LogP contribution is -2.28. The van der Waals surface area contributed by atoms with E-state index < -0.39 is 19.7 Å². The fourth-order valence-electron chi connectivity index (χ4n) is 8.15. The first kappa shape index (κ1) is 55.6. The summed E-state index contributed by atoms with van der Waals surface area (Å²) in [4.78, 5) is 44.6. The van der Waals surface area contributed by atoms with Gasteiger partial charge in [-0.1, -0.05) is 91.9 Å². The second kappa shape index (κ2) is 24.3. The molecule has 7 aromatic carbocycles. The molecule has 0 bridgehead atoms. The number of carbonyl (C=O) groups is 3. The van der Waals surface area contributed by atoms with Crippen molar-refractivity contribution < 1.29 is 40.7 Å². The number of amides is 3. The van der Waals surface area contributed by atoms with Crippen LogP contribution in [0, 0.1) is 0 Å². The van der Waals surface area contributed by atoms with E-state index in [0.717, 1.165) is 34.4 Å². The molecule has 74 heavy (non-hydrogen) atoms. The number of carbonyl (C=O) groups excluding carboxylic acids is 3. The zero-order valence-corrected chi connectivity index (χ0v) is 45.3. The van der Waals surface area contributed by atoms with Gasteiger partial charge in [0.1, 0.15) is 21.3 Å². The van der Waals surface area contributed by atoms with Crippen LogP contribution >= 0.6 is 0 Å². The number of sulfone groups is 2. The number of anilines is 2. The monoisotopic (exact) mass is 1040 g/mol. The van der Waals surface area contributed by atoms with Crippen molar-refractivity contribution in [2.75, 3.05) is 73.4 Å². The number of rotatable bonds is 17. The van der Waals surface area contributed by atoms with Gasteiger partial charge in [-0.3, -0.25) is 14.4 Å². The van der Waals surface area contributed by atoms with Gasteiger partial charge in [0.05, 0.1) is 32.1 Å². The fraction of sp³-hybridized carbons (Fsp3) is 0.237. The van der Waals surface area contributed by atoms with Gasteiger partial charge < -0.3 is 29.1 Å². The molecule has 0 radical (unpaired) electrons. The van der Waals surface area contributed by atoms with Gasteiger partial charge in [0, 0.05) is 71.8 Å². The van der Waals surface area contributed by atoms with Gasteiger partial charge in [-0.2, -0.15) is 0 Å². The van der Waals surface area contributed by atoms with Crippen molar-refractivity contribution in [3.05, 3.63) is 191 Å². The summed E-state index contributed by atoms with van der Waals surface area (Å²) in [7, 11) is 7.72. The maximum atomic E-state index is 13.7. The van der Waals surface area contributed by atoms with Crippen molar-refractivity contribution in [1.82, 2.24) is 9.80 Å². The molecular formula is C59H64N4O9S2. The van der Waals surface area contributed by atoms with E-state index in [4.69, 9.17) is 9.47 Å². The van der Waals surface area contributed by atoms with Crippen molar-refractivity contribution in [3.8, 4) is 33.8 Å². The molecule has 0 N–H and O–H groups in total. The average Bonchev–Trinajstić information content (AvgIpc) is 3.39. The predicted octanol–water partition coefficient (Wildman–Crippen LogP) is 9.91. The van der Waals surface area contributed by atoms with E-state index >= 15 is 0 Å². The first-order valence-corrected chi connectivity index (χ1v) is 27.1. The van der Waals surface area contributed by atoms with Crippen LogP contribution in [0.2, 0.25) is 0 Å². The highest BCUT2D eigenvalue weighted by Crippen LogP contribution is 2.35. The minimum absolute atomic E-state index is 0.0486. The predicted molar refractivity (Wildman–Crippen MR) is 295 cm³/mol. The number of hydrogen-bond acceptors (Lipinski definition) is 10. The Morgan fingerprint density at radius 1 is 0.446 bits per heavy atom. The van der Waals surface area contributed by atoms with Gasteiger partial charge in [-0.25, -0.2) is 16.8 Å². The normalized spacial score (nSPS) is 11.2. The molecule has 0 saturated carbocycles. The molecule has 7 aromatic rings. The first-order valence-electron chi connectivity index (χ1n) is 23.8. The number of nitrogens with zero attached hydrogens (tertiary/aromatic N) is 4. The Balaban J connectivity index is 0.000000254. The number of hydrogen-bond donors (Lipinski definition) is 0. The van der Waals surface area contributed by atoms with Crippen LogP contribution in [0.3, 0.4) is 0 Å². The van der Waals surface area contributed by atoms with Crippen LogP contribution in [0.1, 0.15) is 49.9 Å². The lowest BCUT2D eigenvalue weighted by atomic mass is 10.0. The van der Waals surface area contributed by atoms with Gasteiger partial charge in [-0.05, 0) is 124 Å². The molecule has 0 fully saturated rings. The lowest BCUT2D eigenvalue weighted by molar-refractivity contribution is -0.117. The Morgan fingerprint density at radius 2 is 0.851 bits per heavy atom. The highest BCUT2D eigenvalue weighted by Gasteiger charge is 2.24. The van der Waals surface area contributed by atoms with E-state index in [0.29, 0.717) is 44.8 Å². The zero-order chi connectivity index (χ0) is 53.9. The Bertz CT molecular complexity index is 3390. The van der Waals surface area contributed by atoms with Crippen LogP contribution in [0.15, 0.2) is 168 Å². The molecule has 0 saturated heterocycles. The molecule has 7 rings (SSSR count). The summed E-state index contributed by atoms with van der Waals surface area (Å²) in [5.41, 5.74) is 8.75. The van der Waals surface area contributed by atoms with Gasteiger partial charge in [0.2, 0.25) is 5.91 Å². The standard InChI is InChI=1S/C34H37N3O5S.C25H27NO4S/c1-35(2)29-14-7-10-24(18-29)20-33(38)37(5)30-15-8-11-25(19-30)23-43(40,41)32-22-27(16-17-31(32)42-6)26-12-9-13-28(21-26)34(39)36(3)4;1-5-18-8-6-9-19(14-18)17-31(28,29)24-16-21(12-13-23(24)30-4)20-10-7-11-22(15-20)25(27)26(2)3/h7-19,21-22H,20,23H2,1-6H3;6-16H,5,17H2,1-4H3. The molecule has 15 heteroatoms. The largest absolute Gasteiger partial charge is 0.495 e. The quantitative estimate of drug-likeness (QED) is 0.0862. The third-order valence-electron chi connectivity index (χ3n) is 12.3. The van der Waals surface area contributed by atoms with Crippen LogP contribution in [-0.2, 0) is 48.8 Å². The summed E-state index contributed by atoms with van der Waals surface area (Å²) >= 11 is 0. The summed E-state index contributed by atoms with van der Waals surface area (Å²) in [6.07, 6.45) is 1.06. The molecule has 0 aliphatic rings. The zero-order valence-electron chi connectivity index (χ0n) is 43.6. The van der Waals surface area contributed by atoms with Crippen LogP contribution < -0.4 is 19.3 Å². The Hall–Kier alpha value is -7.75. The second-order valence-corrected chi connectivity index (χ2v) is 22.3. The summed E-state index contributed by atoms with van der Waals surface area (Å²) in [6.45, 7) is 2.04. The van der Waals surface area contributed by atoms with Crippen molar-refractivity contribution in [1.29, 1.82) is 0 Å². The maximum Gasteiger partial charge on any atom is 0.253 e. The molecule has 0 aromatic heterocycles. The number of likely N-dealkylation sites (N-methyl/N-ethyl adjacent to an activating group) is 1. The van der Waals surface area contributed by atoms with E-state index in [1.807, 2.05) is 86.6 Å². The highest BCUT2D eigenvalue weighted by atomic mass is 32.2.